The third kappa shape index (κ3) is 7.75. The summed E-state index contributed by atoms with van der Waals surface area (Å²) in [5.41, 5.74) is 1.34. The van der Waals surface area contributed by atoms with Gasteiger partial charge in [-0.1, -0.05) is 0 Å². The fourth-order valence-corrected chi connectivity index (χ4v) is 0.904. The van der Waals surface area contributed by atoms with Gasteiger partial charge in [0.05, 0.1) is 6.67 Å². The second-order valence-electron chi connectivity index (χ2n) is 2.97. The lowest BCUT2D eigenvalue weighted by molar-refractivity contribution is 0.117. The molecule has 0 aromatic heterocycles. The zero-order chi connectivity index (χ0) is 10.6. The van der Waals surface area contributed by atoms with Crippen molar-refractivity contribution >= 4 is 9.05 Å². The highest BCUT2D eigenvalue weighted by atomic mass is 28.4. The minimum absolute atomic E-state index is 1.03. The van der Waals surface area contributed by atoms with Crippen molar-refractivity contribution in [2.75, 3.05) is 20.8 Å². The van der Waals surface area contributed by atoms with Crippen LogP contribution in [0.15, 0.2) is 11.9 Å². The van der Waals surface area contributed by atoms with E-state index >= 15 is 0 Å². The van der Waals surface area contributed by atoms with E-state index < -0.39 is 9.05 Å². The first-order chi connectivity index (χ1) is 5.70. The third-order valence-electron chi connectivity index (χ3n) is 1.44. The predicted octanol–water partition coefficient (Wildman–Crippen LogP) is -1.93. The Kier molecular flexibility index (Phi) is 4.37. The topological polar surface area (TPSA) is 87.4 Å². The SMILES string of the molecule is CC1=CN(C)CN1C.O[Si](O)(O)O. The maximum absolute atomic E-state index is 7.33. The number of hydrogen-bond donors (Lipinski definition) is 4. The Morgan fingerprint density at radius 1 is 1.23 bits per heavy atom. The van der Waals surface area contributed by atoms with Crippen LogP contribution in [0.4, 0.5) is 0 Å². The molecule has 7 heteroatoms. The zero-order valence-corrected chi connectivity index (χ0v) is 8.97. The molecule has 6 nitrogen and oxygen atoms in total. The highest BCUT2D eigenvalue weighted by molar-refractivity contribution is 6.46. The minimum Gasteiger partial charge on any atom is -0.368 e. The van der Waals surface area contributed by atoms with Crippen LogP contribution in [-0.4, -0.2) is 58.8 Å². The molecule has 1 heterocycles. The Balaban J connectivity index is 0.000000252. The Morgan fingerprint density at radius 2 is 1.62 bits per heavy atom. The summed E-state index contributed by atoms with van der Waals surface area (Å²) in [7, 11) is -0.442. The van der Waals surface area contributed by atoms with E-state index in [1.54, 1.807) is 0 Å². The highest BCUT2D eigenvalue weighted by Gasteiger charge is 2.22. The summed E-state index contributed by atoms with van der Waals surface area (Å²) >= 11 is 0. The first-order valence-electron chi connectivity index (χ1n) is 3.69. The van der Waals surface area contributed by atoms with Crippen molar-refractivity contribution in [2.45, 2.75) is 6.92 Å². The molecule has 0 aliphatic carbocycles. The van der Waals surface area contributed by atoms with Gasteiger partial charge in [0.1, 0.15) is 0 Å². The van der Waals surface area contributed by atoms with Crippen molar-refractivity contribution in [3.63, 3.8) is 0 Å². The molecular formula is C6H16N2O4Si. The average molecular weight is 208 g/mol. The molecule has 78 valence electrons. The van der Waals surface area contributed by atoms with E-state index in [4.69, 9.17) is 19.2 Å². The maximum Gasteiger partial charge on any atom is 0.668 e. The van der Waals surface area contributed by atoms with Crippen molar-refractivity contribution in [3.8, 4) is 0 Å². The lowest BCUT2D eigenvalue weighted by atomic mass is 10.5. The maximum atomic E-state index is 7.33. The van der Waals surface area contributed by atoms with Gasteiger partial charge in [-0.05, 0) is 6.92 Å². The molecule has 0 saturated heterocycles. The van der Waals surface area contributed by atoms with Crippen LogP contribution in [0.5, 0.6) is 0 Å². The molecule has 4 N–H and O–H groups in total. The molecule has 0 spiro atoms. The predicted molar refractivity (Wildman–Crippen MR) is 48.8 cm³/mol. The van der Waals surface area contributed by atoms with Gasteiger partial charge in [-0.15, -0.1) is 0 Å². The molecule has 0 aromatic rings. The van der Waals surface area contributed by atoms with Crippen LogP contribution in [0.25, 0.3) is 0 Å². The second-order valence-corrected chi connectivity index (χ2v) is 4.17. The van der Waals surface area contributed by atoms with Gasteiger partial charge in [-0.2, -0.15) is 0 Å². The van der Waals surface area contributed by atoms with Gasteiger partial charge in [-0.3, -0.25) is 0 Å². The van der Waals surface area contributed by atoms with Crippen LogP contribution < -0.4 is 0 Å². The van der Waals surface area contributed by atoms with E-state index in [9.17, 15) is 0 Å². The Labute approximate surface area is 78.4 Å². The second kappa shape index (κ2) is 4.58. The van der Waals surface area contributed by atoms with Crippen LogP contribution in [0.1, 0.15) is 6.92 Å². The van der Waals surface area contributed by atoms with E-state index in [1.807, 2.05) is 0 Å². The van der Waals surface area contributed by atoms with Gasteiger partial charge in [0, 0.05) is 26.0 Å². The summed E-state index contributed by atoms with van der Waals surface area (Å²) in [6, 6.07) is 0. The summed E-state index contributed by atoms with van der Waals surface area (Å²) in [5, 5.41) is 0. The minimum atomic E-state index is -4.61. The van der Waals surface area contributed by atoms with Crippen LogP contribution >= 0.6 is 0 Å². The number of hydrogen-bond acceptors (Lipinski definition) is 6. The molecule has 1 aliphatic rings. The van der Waals surface area contributed by atoms with Crippen LogP contribution in [0, 0.1) is 0 Å². The number of nitrogens with zero attached hydrogens (tertiary/aromatic N) is 2. The van der Waals surface area contributed by atoms with Crippen molar-refractivity contribution in [1.82, 2.24) is 9.80 Å². The van der Waals surface area contributed by atoms with Crippen molar-refractivity contribution in [1.29, 1.82) is 0 Å². The van der Waals surface area contributed by atoms with Gasteiger partial charge in [0.2, 0.25) is 0 Å². The fourth-order valence-electron chi connectivity index (χ4n) is 0.904. The van der Waals surface area contributed by atoms with Crippen molar-refractivity contribution in [2.24, 2.45) is 0 Å². The lowest BCUT2D eigenvalue weighted by Crippen LogP contribution is -2.33. The van der Waals surface area contributed by atoms with Crippen LogP contribution in [0.3, 0.4) is 0 Å². The largest absolute Gasteiger partial charge is 0.668 e. The highest BCUT2D eigenvalue weighted by Crippen LogP contribution is 2.08. The summed E-state index contributed by atoms with van der Waals surface area (Å²) in [6.45, 7) is 3.15. The number of allylic oxidation sites excluding steroid dienone is 1. The zero-order valence-electron chi connectivity index (χ0n) is 7.97. The monoisotopic (exact) mass is 208 g/mol. The average Bonchev–Trinajstić information content (AvgIpc) is 2.05. The summed E-state index contributed by atoms with van der Waals surface area (Å²) in [6.07, 6.45) is 2.14. The molecule has 0 fully saturated rings. The fraction of sp³-hybridized carbons (Fsp3) is 0.667. The molecule has 1 rings (SSSR count). The summed E-state index contributed by atoms with van der Waals surface area (Å²) in [4.78, 5) is 33.7. The molecule has 0 amide bonds. The van der Waals surface area contributed by atoms with E-state index in [0.29, 0.717) is 0 Å². The van der Waals surface area contributed by atoms with Gasteiger partial charge < -0.3 is 29.0 Å². The first-order valence-corrected chi connectivity index (χ1v) is 5.48. The molecule has 0 atom stereocenters. The molecule has 1 aliphatic heterocycles. The van der Waals surface area contributed by atoms with E-state index in [-0.39, 0.29) is 0 Å². The molecule has 13 heavy (non-hydrogen) atoms. The third-order valence-corrected chi connectivity index (χ3v) is 1.44. The van der Waals surface area contributed by atoms with Gasteiger partial charge in [0.15, 0.2) is 0 Å². The van der Waals surface area contributed by atoms with E-state index in [0.717, 1.165) is 6.67 Å². The molecule has 0 saturated carbocycles. The van der Waals surface area contributed by atoms with Crippen LogP contribution in [0.2, 0.25) is 0 Å². The summed E-state index contributed by atoms with van der Waals surface area (Å²) in [5.74, 6) is 0. The van der Waals surface area contributed by atoms with E-state index in [1.165, 1.54) is 5.70 Å². The Hall–Kier alpha value is -0.603. The molecule has 0 radical (unpaired) electrons. The lowest BCUT2D eigenvalue weighted by Gasteiger charge is -2.13. The Bertz CT molecular complexity index is 186. The standard InChI is InChI=1S/C6H12N2.H4O4Si/c1-6-4-7(2)5-8(6)3;1-5(2,3)4/h4H,5H2,1-3H3;1-4H. The smallest absolute Gasteiger partial charge is 0.368 e. The molecule has 0 bridgehead atoms. The quantitative estimate of drug-likeness (QED) is 0.347. The van der Waals surface area contributed by atoms with Gasteiger partial charge >= 0.3 is 9.05 Å². The Morgan fingerprint density at radius 3 is 1.69 bits per heavy atom. The molecular weight excluding hydrogens is 192 g/mol. The van der Waals surface area contributed by atoms with Crippen molar-refractivity contribution in [3.05, 3.63) is 11.9 Å². The number of rotatable bonds is 0. The van der Waals surface area contributed by atoms with Crippen molar-refractivity contribution < 1.29 is 19.2 Å². The molecule has 0 unspecified atom stereocenters. The van der Waals surface area contributed by atoms with Gasteiger partial charge in [0.25, 0.3) is 0 Å². The first kappa shape index (κ1) is 12.4. The van der Waals surface area contributed by atoms with Gasteiger partial charge in [-0.25, -0.2) is 0 Å². The summed E-state index contributed by atoms with van der Waals surface area (Å²) < 4.78 is 0. The normalized spacial score (nSPS) is 16.7. The van der Waals surface area contributed by atoms with E-state index in [2.05, 4.69) is 37.0 Å². The van der Waals surface area contributed by atoms with Crippen LogP contribution in [-0.2, 0) is 0 Å². The molecule has 0 aromatic carbocycles.